The predicted octanol–water partition coefficient (Wildman–Crippen LogP) is 4.82. The molecule has 1 saturated heterocycles. The summed E-state index contributed by atoms with van der Waals surface area (Å²) >= 11 is 9.34. The van der Waals surface area contributed by atoms with Gasteiger partial charge in [-0.05, 0) is 46.6 Å². The monoisotopic (exact) mass is 469 g/mol. The average Bonchev–Trinajstić information content (AvgIpc) is 3.04. The number of pyridine rings is 1. The number of aromatic nitrogens is 1. The van der Waals surface area contributed by atoms with Gasteiger partial charge in [0.05, 0.1) is 33.0 Å². The van der Waals surface area contributed by atoms with Crippen LogP contribution in [0.25, 0.3) is 0 Å². The first-order valence-electron chi connectivity index (χ1n) is 7.43. The lowest BCUT2D eigenvalue weighted by molar-refractivity contribution is -0.137. The number of rotatable bonds is 3. The topological polar surface area (TPSA) is 56.3 Å². The van der Waals surface area contributed by atoms with Crippen LogP contribution in [0, 0.1) is 0 Å². The molecule has 0 aliphatic carbocycles. The van der Waals surface area contributed by atoms with Gasteiger partial charge in [-0.2, -0.15) is 13.2 Å². The van der Waals surface area contributed by atoms with Crippen LogP contribution in [0.1, 0.15) is 23.8 Å². The second kappa shape index (κ2) is 7.10. The molecule has 0 radical (unpaired) electrons. The number of hydrogen-bond acceptors (Lipinski definition) is 4. The number of halogens is 5. The maximum atomic E-state index is 12.8. The van der Waals surface area contributed by atoms with Gasteiger partial charge in [0.15, 0.2) is 9.84 Å². The molecule has 2 aromatic rings. The van der Waals surface area contributed by atoms with Gasteiger partial charge in [-0.1, -0.05) is 17.7 Å². The van der Waals surface area contributed by atoms with E-state index in [1.165, 1.54) is 6.20 Å². The maximum absolute atomic E-state index is 12.8. The van der Waals surface area contributed by atoms with E-state index in [2.05, 4.69) is 20.9 Å². The van der Waals surface area contributed by atoms with Gasteiger partial charge in [-0.3, -0.25) is 4.98 Å². The molecule has 0 bridgehead atoms. The van der Waals surface area contributed by atoms with Gasteiger partial charge in [0, 0.05) is 10.7 Å². The van der Waals surface area contributed by atoms with Crippen LogP contribution in [-0.4, -0.2) is 25.3 Å². The van der Waals surface area contributed by atoms with E-state index in [1.807, 2.05) is 0 Å². The lowest BCUT2D eigenvalue weighted by Crippen LogP contribution is -2.22. The molecule has 0 N–H and O–H groups in total. The fraction of sp³-hybridized carbons (Fsp3) is 0.312. The molecule has 2 unspecified atom stereocenters. The quantitative estimate of drug-likeness (QED) is 0.645. The Morgan fingerprint density at radius 1 is 1.27 bits per heavy atom. The molecular weight excluding hydrogens is 459 g/mol. The van der Waals surface area contributed by atoms with Crippen molar-refractivity contribution in [3.8, 4) is 0 Å². The Morgan fingerprint density at radius 2 is 2.00 bits per heavy atom. The van der Waals surface area contributed by atoms with Crippen molar-refractivity contribution in [1.82, 2.24) is 4.98 Å². The summed E-state index contributed by atoms with van der Waals surface area (Å²) < 4.78 is 70.2. The van der Waals surface area contributed by atoms with Crippen LogP contribution in [0.3, 0.4) is 0 Å². The number of sulfone groups is 1. The third-order valence-corrected chi connectivity index (χ3v) is 6.88. The molecule has 1 aromatic heterocycles. The Hall–Kier alpha value is -1.16. The smallest absolute Gasteiger partial charge is 0.370 e. The van der Waals surface area contributed by atoms with E-state index in [-0.39, 0.29) is 17.9 Å². The summed E-state index contributed by atoms with van der Waals surface area (Å²) in [5.41, 5.74) is -0.608. The van der Waals surface area contributed by atoms with Crippen LogP contribution in [0.2, 0.25) is 5.02 Å². The van der Waals surface area contributed by atoms with E-state index in [1.54, 1.807) is 6.07 Å². The first-order valence-corrected chi connectivity index (χ1v) is 10.1. The fourth-order valence-electron chi connectivity index (χ4n) is 2.71. The molecule has 1 aliphatic rings. The van der Waals surface area contributed by atoms with Crippen molar-refractivity contribution >= 4 is 37.4 Å². The SMILES string of the molecule is O=S(=O)(c1cccc(C(F)(F)F)c1)C1COC(c2ncc(Br)cc2Cl)C1. The van der Waals surface area contributed by atoms with Gasteiger partial charge in [-0.25, -0.2) is 8.42 Å². The summed E-state index contributed by atoms with van der Waals surface area (Å²) in [6.07, 6.45) is -3.68. The minimum absolute atomic E-state index is 0.0624. The zero-order valence-corrected chi connectivity index (χ0v) is 16.2. The fourth-order valence-corrected chi connectivity index (χ4v) is 5.09. The highest BCUT2D eigenvalue weighted by Crippen LogP contribution is 2.38. The summed E-state index contributed by atoms with van der Waals surface area (Å²) in [5.74, 6) is 0. The lowest BCUT2D eigenvalue weighted by Gasteiger charge is -2.13. The van der Waals surface area contributed by atoms with Crippen LogP contribution in [0.15, 0.2) is 45.9 Å². The number of nitrogens with zero attached hydrogens (tertiary/aromatic N) is 1. The number of ether oxygens (including phenoxy) is 1. The minimum atomic E-state index is -4.62. The van der Waals surface area contributed by atoms with E-state index < -0.39 is 32.9 Å². The van der Waals surface area contributed by atoms with Crippen molar-refractivity contribution in [3.05, 3.63) is 57.3 Å². The molecule has 3 rings (SSSR count). The summed E-state index contributed by atoms with van der Waals surface area (Å²) in [6.45, 7) is -0.142. The van der Waals surface area contributed by atoms with Crippen LogP contribution < -0.4 is 0 Å². The van der Waals surface area contributed by atoms with Gasteiger partial charge < -0.3 is 4.74 Å². The number of alkyl halides is 3. The van der Waals surface area contributed by atoms with Gasteiger partial charge >= 0.3 is 6.18 Å². The first kappa shape index (κ1) is 19.6. The number of benzene rings is 1. The van der Waals surface area contributed by atoms with Crippen molar-refractivity contribution in [1.29, 1.82) is 0 Å². The predicted molar refractivity (Wildman–Crippen MR) is 92.7 cm³/mol. The molecule has 140 valence electrons. The molecule has 26 heavy (non-hydrogen) atoms. The largest absolute Gasteiger partial charge is 0.416 e. The van der Waals surface area contributed by atoms with E-state index in [0.29, 0.717) is 21.3 Å². The highest BCUT2D eigenvalue weighted by Gasteiger charge is 2.39. The molecule has 1 aliphatic heterocycles. The Kier molecular flexibility index (Phi) is 5.35. The molecule has 0 amide bonds. The summed E-state index contributed by atoms with van der Waals surface area (Å²) in [4.78, 5) is 3.77. The van der Waals surface area contributed by atoms with E-state index in [9.17, 15) is 21.6 Å². The second-order valence-corrected chi connectivity index (χ2v) is 9.32. The number of hydrogen-bond donors (Lipinski definition) is 0. The third kappa shape index (κ3) is 3.90. The van der Waals surface area contributed by atoms with Gasteiger partial charge in [-0.15, -0.1) is 0 Å². The van der Waals surface area contributed by atoms with Crippen molar-refractivity contribution in [2.75, 3.05) is 6.61 Å². The molecule has 2 atom stereocenters. The highest BCUT2D eigenvalue weighted by molar-refractivity contribution is 9.10. The van der Waals surface area contributed by atoms with Crippen molar-refractivity contribution in [2.45, 2.75) is 28.8 Å². The van der Waals surface area contributed by atoms with E-state index in [0.717, 1.165) is 18.2 Å². The van der Waals surface area contributed by atoms with Crippen LogP contribution >= 0.6 is 27.5 Å². The maximum Gasteiger partial charge on any atom is 0.416 e. The average molecular weight is 471 g/mol. The summed E-state index contributed by atoms with van der Waals surface area (Å²) in [7, 11) is -3.99. The van der Waals surface area contributed by atoms with Gasteiger partial charge in [0.2, 0.25) is 0 Å². The van der Waals surface area contributed by atoms with Crippen molar-refractivity contribution < 1.29 is 26.3 Å². The van der Waals surface area contributed by atoms with Crippen LogP contribution in [0.4, 0.5) is 13.2 Å². The van der Waals surface area contributed by atoms with E-state index >= 15 is 0 Å². The second-order valence-electron chi connectivity index (χ2n) is 5.77. The van der Waals surface area contributed by atoms with E-state index in [4.69, 9.17) is 16.3 Å². The van der Waals surface area contributed by atoms with Gasteiger partial charge in [0.1, 0.15) is 6.10 Å². The van der Waals surface area contributed by atoms with Crippen LogP contribution in [0.5, 0.6) is 0 Å². The normalized spacial score (nSPS) is 21.1. The highest BCUT2D eigenvalue weighted by atomic mass is 79.9. The molecule has 10 heteroatoms. The third-order valence-electron chi connectivity index (χ3n) is 4.03. The summed E-state index contributed by atoms with van der Waals surface area (Å²) in [6, 6.07) is 5.33. The molecular formula is C16H12BrClF3NO3S. The molecule has 0 saturated carbocycles. The zero-order valence-electron chi connectivity index (χ0n) is 13.0. The standard InChI is InChI=1S/C16H12BrClF3NO3S/c17-10-5-13(18)15(22-7-10)14-6-12(8-25-14)26(23,24)11-3-1-2-9(4-11)16(19,20)21/h1-5,7,12,14H,6,8H2. The molecule has 4 nitrogen and oxygen atoms in total. The zero-order chi connectivity index (χ0) is 19.1. The minimum Gasteiger partial charge on any atom is -0.370 e. The summed E-state index contributed by atoms with van der Waals surface area (Å²) in [5, 5.41) is -0.654. The van der Waals surface area contributed by atoms with Crippen LogP contribution in [-0.2, 0) is 20.8 Å². The van der Waals surface area contributed by atoms with Crippen molar-refractivity contribution in [2.24, 2.45) is 0 Å². The molecule has 0 spiro atoms. The Labute approximate surface area is 161 Å². The molecule has 1 aromatic carbocycles. The molecule has 1 fully saturated rings. The first-order chi connectivity index (χ1) is 12.1. The Morgan fingerprint density at radius 3 is 2.65 bits per heavy atom. The Balaban J connectivity index is 1.86. The Bertz CT molecular complexity index is 937. The van der Waals surface area contributed by atoms with Crippen molar-refractivity contribution in [3.63, 3.8) is 0 Å². The lowest BCUT2D eigenvalue weighted by atomic mass is 10.1. The molecule has 2 heterocycles. The van der Waals surface area contributed by atoms with Gasteiger partial charge in [0.25, 0.3) is 0 Å².